The number of carbonyl (C=O) groups is 2. The number of aliphatic hydroxyl groups excluding tert-OH is 1. The molecule has 2 aliphatic rings. The molecule has 4 rings (SSSR count). The normalized spacial score (nSPS) is 24.5. The largest absolute Gasteiger partial charge is 1.00 e. The van der Waals surface area contributed by atoms with Crippen molar-refractivity contribution in [3.8, 4) is 10.4 Å². The van der Waals surface area contributed by atoms with Gasteiger partial charge < -0.3 is 19.9 Å². The van der Waals surface area contributed by atoms with E-state index in [1.807, 2.05) is 37.3 Å². The number of carboxylic acid groups (broad SMARTS) is 1. The van der Waals surface area contributed by atoms with Crippen LogP contribution in [0.2, 0.25) is 0 Å². The third-order valence-electron chi connectivity index (χ3n) is 5.04. The van der Waals surface area contributed by atoms with Crippen LogP contribution >= 0.6 is 23.1 Å². The first-order valence-electron chi connectivity index (χ1n) is 8.56. The van der Waals surface area contributed by atoms with E-state index in [2.05, 4.69) is 4.98 Å². The Labute approximate surface area is 193 Å². The standard InChI is InChI=1S/C19H18N2O4S2.Na/c1-9-14-13(10(2)22)17(23)21(14)15(18(24)25)16(9)27-19-20-8-12(26-19)11-6-4-3-5-7-11;/h3-10,13-14,22H,1-2H3,(H,24,25);/q;+1/p-1/t9-,10-,13-,14-;/m1./s1. The molecule has 4 atom stereocenters. The molecule has 1 fully saturated rings. The Kier molecular flexibility index (Phi) is 6.38. The summed E-state index contributed by atoms with van der Waals surface area (Å²) in [6.07, 6.45) is 0.943. The van der Waals surface area contributed by atoms with Crippen LogP contribution in [0.3, 0.4) is 0 Å². The molecule has 9 heteroatoms. The molecule has 28 heavy (non-hydrogen) atoms. The number of thiazole rings is 1. The molecule has 1 saturated heterocycles. The van der Waals surface area contributed by atoms with Crippen LogP contribution in [0.5, 0.6) is 0 Å². The van der Waals surface area contributed by atoms with Crippen LogP contribution in [0.15, 0.2) is 51.5 Å². The van der Waals surface area contributed by atoms with Gasteiger partial charge in [0, 0.05) is 17.0 Å². The first-order valence-corrected chi connectivity index (χ1v) is 10.2. The molecule has 1 N–H and O–H groups in total. The molecule has 0 spiro atoms. The number of rotatable bonds is 5. The number of fused-ring (bicyclic) bond motifs is 1. The fraction of sp³-hybridized carbons (Fsp3) is 0.316. The molecule has 0 bridgehead atoms. The molecule has 0 radical (unpaired) electrons. The molecule has 1 aromatic heterocycles. The van der Waals surface area contributed by atoms with Crippen molar-refractivity contribution in [2.24, 2.45) is 11.8 Å². The van der Waals surface area contributed by atoms with E-state index in [0.717, 1.165) is 10.4 Å². The maximum atomic E-state index is 12.4. The van der Waals surface area contributed by atoms with Gasteiger partial charge in [0.15, 0.2) is 4.34 Å². The van der Waals surface area contributed by atoms with Crippen LogP contribution in [0.25, 0.3) is 10.4 Å². The Bertz CT molecular complexity index is 944. The van der Waals surface area contributed by atoms with Gasteiger partial charge in [-0.05, 0) is 12.5 Å². The number of carbonyl (C=O) groups excluding carboxylic acids is 2. The van der Waals surface area contributed by atoms with Crippen LogP contribution < -0.4 is 34.7 Å². The molecule has 2 aromatic rings. The first-order chi connectivity index (χ1) is 12.9. The molecular weight excluding hydrogens is 407 g/mol. The average Bonchev–Trinajstić information content (AvgIpc) is 3.18. The Morgan fingerprint density at radius 1 is 1.36 bits per heavy atom. The number of nitrogens with zero attached hydrogens (tertiary/aromatic N) is 2. The van der Waals surface area contributed by atoms with Crippen LogP contribution in [-0.4, -0.2) is 39.0 Å². The predicted octanol–water partition coefficient (Wildman–Crippen LogP) is -1.27. The maximum absolute atomic E-state index is 12.4. The Balaban J connectivity index is 0.00000225. The number of β-lactam (4-membered cyclic amide) rings is 1. The van der Waals surface area contributed by atoms with Gasteiger partial charge in [0.25, 0.3) is 0 Å². The zero-order valence-corrected chi connectivity index (χ0v) is 19.3. The molecule has 140 valence electrons. The van der Waals surface area contributed by atoms with Crippen LogP contribution in [0.1, 0.15) is 13.8 Å². The van der Waals surface area contributed by atoms with Crippen molar-refractivity contribution < 1.29 is 49.4 Å². The van der Waals surface area contributed by atoms with E-state index in [9.17, 15) is 19.8 Å². The van der Waals surface area contributed by atoms with E-state index >= 15 is 0 Å². The van der Waals surface area contributed by atoms with E-state index in [-0.39, 0.29) is 53.1 Å². The van der Waals surface area contributed by atoms with E-state index in [1.165, 1.54) is 28.0 Å². The van der Waals surface area contributed by atoms with Gasteiger partial charge in [0.1, 0.15) is 0 Å². The van der Waals surface area contributed by atoms with E-state index in [1.54, 1.807) is 13.1 Å². The van der Waals surface area contributed by atoms with Gasteiger partial charge in [0.05, 0.1) is 34.6 Å². The summed E-state index contributed by atoms with van der Waals surface area (Å²) in [5.41, 5.74) is 0.958. The van der Waals surface area contributed by atoms with Gasteiger partial charge in [-0.3, -0.25) is 4.79 Å². The number of hydrogen-bond acceptors (Lipinski definition) is 7. The third kappa shape index (κ3) is 3.46. The fourth-order valence-corrected chi connectivity index (χ4v) is 6.04. The Morgan fingerprint density at radius 3 is 2.64 bits per heavy atom. The minimum absolute atomic E-state index is 0. The van der Waals surface area contributed by atoms with Crippen LogP contribution in [0, 0.1) is 11.8 Å². The summed E-state index contributed by atoms with van der Waals surface area (Å²) < 4.78 is 0.706. The summed E-state index contributed by atoms with van der Waals surface area (Å²) in [5, 5.41) is 21.6. The monoisotopic (exact) mass is 424 g/mol. The van der Waals surface area contributed by atoms with Crippen molar-refractivity contribution in [1.29, 1.82) is 0 Å². The van der Waals surface area contributed by atoms with Gasteiger partial charge in [-0.15, -0.1) is 11.3 Å². The summed E-state index contributed by atoms with van der Waals surface area (Å²) in [4.78, 5) is 31.3. The summed E-state index contributed by atoms with van der Waals surface area (Å²) in [6.45, 7) is 3.44. The maximum Gasteiger partial charge on any atom is 1.00 e. The van der Waals surface area contributed by atoms with E-state index < -0.39 is 18.0 Å². The topological polar surface area (TPSA) is 93.6 Å². The summed E-state index contributed by atoms with van der Waals surface area (Å²) in [7, 11) is 0. The fourth-order valence-electron chi connectivity index (χ4n) is 3.78. The first kappa shape index (κ1) is 21.5. The average molecular weight is 424 g/mol. The second kappa shape index (κ2) is 8.30. The molecule has 1 amide bonds. The number of aliphatic hydroxyl groups is 1. The van der Waals surface area contributed by atoms with Crippen molar-refractivity contribution in [3.05, 3.63) is 47.1 Å². The second-order valence-corrected chi connectivity index (χ2v) is 9.03. The Hall–Kier alpha value is -1.16. The van der Waals surface area contributed by atoms with Crippen molar-refractivity contribution in [3.63, 3.8) is 0 Å². The molecule has 2 aliphatic heterocycles. The second-order valence-electron chi connectivity index (χ2n) is 6.71. The summed E-state index contributed by atoms with van der Waals surface area (Å²) in [5.74, 6) is -2.52. The van der Waals surface area contributed by atoms with Gasteiger partial charge in [-0.2, -0.15) is 0 Å². The quantitative estimate of drug-likeness (QED) is 0.475. The number of hydrogen-bond donors (Lipinski definition) is 1. The molecule has 0 saturated carbocycles. The van der Waals surface area contributed by atoms with Gasteiger partial charge >= 0.3 is 29.6 Å². The number of aliphatic carboxylic acids is 1. The van der Waals surface area contributed by atoms with Crippen molar-refractivity contribution in [2.45, 2.75) is 30.3 Å². The van der Waals surface area contributed by atoms with Gasteiger partial charge in [-0.1, -0.05) is 49.0 Å². The third-order valence-corrected chi connectivity index (χ3v) is 7.45. The number of benzene rings is 1. The minimum Gasteiger partial charge on any atom is -0.543 e. The van der Waals surface area contributed by atoms with Crippen molar-refractivity contribution in [2.75, 3.05) is 0 Å². The summed E-state index contributed by atoms with van der Waals surface area (Å²) >= 11 is 2.74. The van der Waals surface area contributed by atoms with Gasteiger partial charge in [0.2, 0.25) is 5.91 Å². The minimum atomic E-state index is -1.37. The van der Waals surface area contributed by atoms with E-state index in [4.69, 9.17) is 0 Å². The smallest absolute Gasteiger partial charge is 0.543 e. The molecular formula is C19H17N2NaO4S2. The van der Waals surface area contributed by atoms with E-state index in [0.29, 0.717) is 9.24 Å². The SMILES string of the molecule is C[C@@H](O)[C@H]1C(=O)N2C(C(=O)[O-])=C(Sc3ncc(-c4ccccc4)s3)[C@H](C)[C@H]12.[Na+]. The number of thioether (sulfide) groups is 1. The number of amides is 1. The zero-order chi connectivity index (χ0) is 19.3. The van der Waals surface area contributed by atoms with Crippen molar-refractivity contribution >= 4 is 35.0 Å². The van der Waals surface area contributed by atoms with Gasteiger partial charge in [-0.25, -0.2) is 4.98 Å². The summed E-state index contributed by atoms with van der Waals surface area (Å²) in [6, 6.07) is 9.47. The van der Waals surface area contributed by atoms with Crippen molar-refractivity contribution in [1.82, 2.24) is 9.88 Å². The molecule has 3 heterocycles. The number of aromatic nitrogens is 1. The Morgan fingerprint density at radius 2 is 2.04 bits per heavy atom. The molecule has 0 unspecified atom stereocenters. The van der Waals surface area contributed by atoms with Crippen LogP contribution in [-0.2, 0) is 9.59 Å². The zero-order valence-electron chi connectivity index (χ0n) is 15.7. The predicted molar refractivity (Wildman–Crippen MR) is 100 cm³/mol. The molecule has 6 nitrogen and oxygen atoms in total. The number of carboxylic acids is 1. The molecule has 0 aliphatic carbocycles. The van der Waals surface area contributed by atoms with Crippen LogP contribution in [0.4, 0.5) is 0 Å². The molecule has 1 aromatic carbocycles.